The molecular weight excluding hydrogens is 229 g/mol. The van der Waals surface area contributed by atoms with Gasteiger partial charge in [0.2, 0.25) is 0 Å². The summed E-state index contributed by atoms with van der Waals surface area (Å²) in [6, 6.07) is 11.4. The fourth-order valence-corrected chi connectivity index (χ4v) is 1.64. The van der Waals surface area contributed by atoms with Gasteiger partial charge in [0.1, 0.15) is 11.9 Å². The van der Waals surface area contributed by atoms with Gasteiger partial charge in [0.25, 0.3) is 0 Å². The molecular formula is C14H12FN3. The number of halogens is 1. The average Bonchev–Trinajstić information content (AvgIpc) is 2.41. The van der Waals surface area contributed by atoms with Crippen LogP contribution in [-0.4, -0.2) is 4.98 Å². The average molecular weight is 241 g/mol. The Hall–Kier alpha value is -2.25. The molecule has 1 atom stereocenters. The number of nitrogens with zero attached hydrogens (tertiary/aromatic N) is 2. The van der Waals surface area contributed by atoms with Gasteiger partial charge in [-0.15, -0.1) is 0 Å². The second-order valence-electron chi connectivity index (χ2n) is 3.85. The van der Waals surface area contributed by atoms with Gasteiger partial charge in [-0.3, -0.25) is 10.3 Å². The van der Waals surface area contributed by atoms with Crippen molar-refractivity contribution >= 4 is 0 Å². The van der Waals surface area contributed by atoms with E-state index >= 15 is 0 Å². The van der Waals surface area contributed by atoms with Crippen LogP contribution in [0.5, 0.6) is 0 Å². The number of benzene rings is 1. The Kier molecular flexibility index (Phi) is 4.00. The highest BCUT2D eigenvalue weighted by molar-refractivity contribution is 5.25. The molecule has 18 heavy (non-hydrogen) atoms. The monoisotopic (exact) mass is 241 g/mol. The first-order chi connectivity index (χ1) is 8.79. The Morgan fingerprint density at radius 1 is 1.28 bits per heavy atom. The predicted molar refractivity (Wildman–Crippen MR) is 65.8 cm³/mol. The molecule has 1 aromatic heterocycles. The van der Waals surface area contributed by atoms with E-state index in [1.165, 1.54) is 12.1 Å². The Morgan fingerprint density at radius 3 is 2.72 bits per heavy atom. The zero-order chi connectivity index (χ0) is 12.8. The van der Waals surface area contributed by atoms with E-state index in [0.29, 0.717) is 12.1 Å². The second kappa shape index (κ2) is 5.89. The smallest absolute Gasteiger partial charge is 0.123 e. The van der Waals surface area contributed by atoms with Crippen molar-refractivity contribution in [3.05, 3.63) is 65.7 Å². The number of nitrogens with one attached hydrogen (secondary N) is 1. The summed E-state index contributed by atoms with van der Waals surface area (Å²) >= 11 is 0. The first-order valence-corrected chi connectivity index (χ1v) is 5.57. The Bertz CT molecular complexity index is 548. The lowest BCUT2D eigenvalue weighted by molar-refractivity contribution is 0.604. The van der Waals surface area contributed by atoms with Crippen molar-refractivity contribution in [1.82, 2.24) is 10.3 Å². The molecule has 0 aliphatic carbocycles. The molecule has 1 heterocycles. The van der Waals surface area contributed by atoms with Gasteiger partial charge in [-0.2, -0.15) is 5.26 Å². The van der Waals surface area contributed by atoms with Crippen molar-refractivity contribution < 1.29 is 4.39 Å². The van der Waals surface area contributed by atoms with E-state index in [0.717, 1.165) is 5.56 Å². The van der Waals surface area contributed by atoms with Crippen molar-refractivity contribution in [2.24, 2.45) is 0 Å². The summed E-state index contributed by atoms with van der Waals surface area (Å²) in [6.07, 6.45) is 3.39. The normalized spacial score (nSPS) is 11.8. The van der Waals surface area contributed by atoms with Crippen LogP contribution in [-0.2, 0) is 6.54 Å². The van der Waals surface area contributed by atoms with Gasteiger partial charge in [0, 0.05) is 18.9 Å². The fourth-order valence-electron chi connectivity index (χ4n) is 1.64. The number of pyridine rings is 1. The van der Waals surface area contributed by atoms with Crippen molar-refractivity contribution in [2.45, 2.75) is 12.6 Å². The fraction of sp³-hybridized carbons (Fsp3) is 0.143. The minimum Gasteiger partial charge on any atom is -0.294 e. The van der Waals surface area contributed by atoms with Crippen LogP contribution in [0, 0.1) is 17.1 Å². The van der Waals surface area contributed by atoms with Crippen molar-refractivity contribution in [1.29, 1.82) is 5.26 Å². The first kappa shape index (κ1) is 12.2. The number of aromatic nitrogens is 1. The zero-order valence-electron chi connectivity index (χ0n) is 9.68. The van der Waals surface area contributed by atoms with Crippen LogP contribution in [0.4, 0.5) is 4.39 Å². The second-order valence-corrected chi connectivity index (χ2v) is 3.85. The molecule has 0 fully saturated rings. The van der Waals surface area contributed by atoms with Crippen LogP contribution in [0.15, 0.2) is 48.8 Å². The van der Waals surface area contributed by atoms with Crippen molar-refractivity contribution in [2.75, 3.05) is 0 Å². The van der Waals surface area contributed by atoms with Gasteiger partial charge in [-0.1, -0.05) is 12.1 Å². The maximum Gasteiger partial charge on any atom is 0.123 e. The van der Waals surface area contributed by atoms with Crippen LogP contribution in [0.2, 0.25) is 0 Å². The molecule has 1 aromatic carbocycles. The highest BCUT2D eigenvalue weighted by Gasteiger charge is 2.10. The highest BCUT2D eigenvalue weighted by Crippen LogP contribution is 2.14. The molecule has 4 heteroatoms. The quantitative estimate of drug-likeness (QED) is 0.895. The molecule has 0 radical (unpaired) electrons. The van der Waals surface area contributed by atoms with E-state index in [1.54, 1.807) is 24.5 Å². The third-order valence-corrected chi connectivity index (χ3v) is 2.57. The van der Waals surface area contributed by atoms with Gasteiger partial charge in [0.15, 0.2) is 0 Å². The number of nitriles is 1. The summed E-state index contributed by atoms with van der Waals surface area (Å²) in [6.45, 7) is 0.539. The zero-order valence-corrected chi connectivity index (χ0v) is 9.68. The van der Waals surface area contributed by atoms with Gasteiger partial charge >= 0.3 is 0 Å². The summed E-state index contributed by atoms with van der Waals surface area (Å²) < 4.78 is 13.1. The third kappa shape index (κ3) is 3.12. The van der Waals surface area contributed by atoms with E-state index in [2.05, 4.69) is 16.4 Å². The standard InChI is InChI=1S/C14H12FN3/c15-13-3-1-2-12(8-13)14(9-16)18-10-11-4-6-17-7-5-11/h1-8,14,18H,10H2. The molecule has 90 valence electrons. The minimum atomic E-state index is -0.520. The van der Waals surface area contributed by atoms with Crippen molar-refractivity contribution in [3.8, 4) is 6.07 Å². The molecule has 2 rings (SSSR count). The molecule has 1 unspecified atom stereocenters. The van der Waals surface area contributed by atoms with E-state index in [9.17, 15) is 4.39 Å². The summed E-state index contributed by atoms with van der Waals surface area (Å²) in [5.74, 6) is -0.335. The molecule has 0 spiro atoms. The largest absolute Gasteiger partial charge is 0.294 e. The number of hydrogen-bond donors (Lipinski definition) is 1. The molecule has 0 amide bonds. The molecule has 3 nitrogen and oxygen atoms in total. The van der Waals surface area contributed by atoms with Crippen LogP contribution < -0.4 is 5.32 Å². The molecule has 1 N–H and O–H groups in total. The lowest BCUT2D eigenvalue weighted by Gasteiger charge is -2.11. The first-order valence-electron chi connectivity index (χ1n) is 5.57. The van der Waals surface area contributed by atoms with E-state index in [-0.39, 0.29) is 5.82 Å². The topological polar surface area (TPSA) is 48.7 Å². The van der Waals surface area contributed by atoms with Gasteiger partial charge in [-0.25, -0.2) is 4.39 Å². The SMILES string of the molecule is N#CC(NCc1ccncc1)c1cccc(F)c1. The summed E-state index contributed by atoms with van der Waals surface area (Å²) in [7, 11) is 0. The maximum absolute atomic E-state index is 13.1. The molecule has 0 aliphatic heterocycles. The van der Waals surface area contributed by atoms with E-state index in [1.807, 2.05) is 12.1 Å². The highest BCUT2D eigenvalue weighted by atomic mass is 19.1. The summed E-state index contributed by atoms with van der Waals surface area (Å²) in [4.78, 5) is 3.92. The van der Waals surface area contributed by atoms with E-state index in [4.69, 9.17) is 5.26 Å². The summed E-state index contributed by atoms with van der Waals surface area (Å²) in [5.41, 5.74) is 1.66. The van der Waals surface area contributed by atoms with Gasteiger partial charge < -0.3 is 0 Å². The van der Waals surface area contributed by atoms with Crippen LogP contribution in [0.25, 0.3) is 0 Å². The molecule has 0 aliphatic rings. The predicted octanol–water partition coefficient (Wildman–Crippen LogP) is 2.58. The number of rotatable bonds is 4. The minimum absolute atomic E-state index is 0.335. The lowest BCUT2D eigenvalue weighted by Crippen LogP contribution is -2.19. The van der Waals surface area contributed by atoms with Gasteiger partial charge in [0.05, 0.1) is 6.07 Å². The lowest BCUT2D eigenvalue weighted by atomic mass is 10.1. The molecule has 0 bridgehead atoms. The maximum atomic E-state index is 13.1. The van der Waals surface area contributed by atoms with Crippen molar-refractivity contribution in [3.63, 3.8) is 0 Å². The summed E-state index contributed by atoms with van der Waals surface area (Å²) in [5, 5.41) is 12.2. The third-order valence-electron chi connectivity index (χ3n) is 2.57. The Morgan fingerprint density at radius 2 is 2.06 bits per heavy atom. The number of hydrogen-bond acceptors (Lipinski definition) is 3. The van der Waals surface area contributed by atoms with Crippen LogP contribution >= 0.6 is 0 Å². The molecule has 2 aromatic rings. The van der Waals surface area contributed by atoms with Gasteiger partial charge in [-0.05, 0) is 35.4 Å². The molecule has 0 saturated heterocycles. The van der Waals surface area contributed by atoms with Crippen LogP contribution in [0.1, 0.15) is 17.2 Å². The Labute approximate surface area is 105 Å². The molecule has 0 saturated carbocycles. The van der Waals surface area contributed by atoms with Crippen LogP contribution in [0.3, 0.4) is 0 Å². The van der Waals surface area contributed by atoms with E-state index < -0.39 is 6.04 Å². The Balaban J connectivity index is 2.05.